The van der Waals surface area contributed by atoms with Gasteiger partial charge in [-0.3, -0.25) is 9.59 Å². The molecule has 0 aliphatic heterocycles. The van der Waals surface area contributed by atoms with Gasteiger partial charge in [-0.15, -0.1) is 0 Å². The monoisotopic (exact) mass is 352 g/mol. The van der Waals surface area contributed by atoms with E-state index in [0.717, 1.165) is 11.1 Å². The largest absolute Gasteiger partial charge is 0.384 e. The summed E-state index contributed by atoms with van der Waals surface area (Å²) >= 11 is 6.22. The second kappa shape index (κ2) is 4.22. The minimum atomic E-state index is -1.34. The van der Waals surface area contributed by atoms with Crippen LogP contribution in [0.4, 0.5) is 0 Å². The second-order valence-corrected chi connectivity index (χ2v) is 8.27. The van der Waals surface area contributed by atoms with Crippen LogP contribution in [0.3, 0.4) is 0 Å². The van der Waals surface area contributed by atoms with E-state index in [1.807, 2.05) is 43.3 Å². The van der Waals surface area contributed by atoms with E-state index in [2.05, 4.69) is 0 Å². The Balaban J connectivity index is 1.96. The third kappa shape index (κ3) is 1.31. The molecule has 3 nitrogen and oxygen atoms in total. The van der Waals surface area contributed by atoms with Crippen molar-refractivity contribution in [1.29, 1.82) is 0 Å². The van der Waals surface area contributed by atoms with E-state index in [1.165, 1.54) is 0 Å². The first-order valence-electron chi connectivity index (χ1n) is 8.45. The van der Waals surface area contributed by atoms with Gasteiger partial charge < -0.3 is 5.11 Å². The van der Waals surface area contributed by atoms with Gasteiger partial charge in [-0.05, 0) is 35.7 Å². The van der Waals surface area contributed by atoms with Crippen molar-refractivity contribution in [3.05, 3.63) is 70.2 Å². The summed E-state index contributed by atoms with van der Waals surface area (Å²) < 4.78 is 0. The Bertz CT molecular complexity index is 968. The molecule has 0 radical (unpaired) electrons. The van der Waals surface area contributed by atoms with Gasteiger partial charge in [0.1, 0.15) is 6.10 Å². The van der Waals surface area contributed by atoms with Crippen molar-refractivity contribution in [2.45, 2.75) is 30.8 Å². The van der Waals surface area contributed by atoms with Gasteiger partial charge in [-0.2, -0.15) is 0 Å². The maximum Gasteiger partial charge on any atom is 0.170 e. The van der Waals surface area contributed by atoms with Gasteiger partial charge >= 0.3 is 0 Å². The molecule has 2 aromatic carbocycles. The topological polar surface area (TPSA) is 54.4 Å². The molecule has 126 valence electrons. The lowest BCUT2D eigenvalue weighted by atomic mass is 9.62. The number of aliphatic hydroxyl groups excluding tert-OH is 1. The van der Waals surface area contributed by atoms with Crippen LogP contribution in [-0.2, 0) is 20.4 Å². The first-order valence-corrected chi connectivity index (χ1v) is 8.83. The summed E-state index contributed by atoms with van der Waals surface area (Å²) in [5, 5.41) is 11.3. The van der Waals surface area contributed by atoms with Crippen LogP contribution >= 0.6 is 11.6 Å². The fraction of sp³-hybridized carbons (Fsp3) is 0.333. The first kappa shape index (κ1) is 15.3. The molecule has 3 aliphatic rings. The van der Waals surface area contributed by atoms with Crippen LogP contribution in [-0.4, -0.2) is 22.8 Å². The smallest absolute Gasteiger partial charge is 0.170 e. The Kier molecular flexibility index (Phi) is 2.58. The summed E-state index contributed by atoms with van der Waals surface area (Å²) in [5.74, 6) is -0.728. The molecule has 3 aliphatic carbocycles. The minimum absolute atomic E-state index is 0.0549. The Labute approximate surface area is 150 Å². The molecule has 0 spiro atoms. The van der Waals surface area contributed by atoms with Gasteiger partial charge in [0, 0.05) is 16.4 Å². The zero-order valence-electron chi connectivity index (χ0n) is 13.9. The summed E-state index contributed by atoms with van der Waals surface area (Å²) in [6.07, 6.45) is -1.34. The van der Waals surface area contributed by atoms with Gasteiger partial charge in [0.25, 0.3) is 0 Å². The van der Waals surface area contributed by atoms with Crippen LogP contribution < -0.4 is 0 Å². The zero-order chi connectivity index (χ0) is 17.8. The lowest BCUT2D eigenvalue weighted by Gasteiger charge is -2.40. The molecule has 0 heterocycles. The van der Waals surface area contributed by atoms with Gasteiger partial charge in [0.2, 0.25) is 0 Å². The van der Waals surface area contributed by atoms with Crippen LogP contribution in [0.15, 0.2) is 48.5 Å². The van der Waals surface area contributed by atoms with E-state index in [9.17, 15) is 14.7 Å². The lowest BCUT2D eigenvalue weighted by molar-refractivity contribution is -0.149. The number of halogens is 1. The number of ketones is 2. The van der Waals surface area contributed by atoms with Crippen LogP contribution in [0.2, 0.25) is 5.02 Å². The average Bonchev–Trinajstić information content (AvgIpc) is 3.22. The molecule has 4 heteroatoms. The van der Waals surface area contributed by atoms with Crippen molar-refractivity contribution in [2.24, 2.45) is 11.3 Å². The van der Waals surface area contributed by atoms with Crippen molar-refractivity contribution in [3.63, 3.8) is 0 Å². The van der Waals surface area contributed by atoms with E-state index in [1.54, 1.807) is 19.1 Å². The Morgan fingerprint density at radius 2 is 1.64 bits per heavy atom. The van der Waals surface area contributed by atoms with E-state index in [-0.39, 0.29) is 11.6 Å². The summed E-state index contributed by atoms with van der Waals surface area (Å²) in [6, 6.07) is 15.2. The average molecular weight is 353 g/mol. The van der Waals surface area contributed by atoms with E-state index < -0.39 is 28.3 Å². The molecule has 2 aromatic rings. The molecule has 2 saturated carbocycles. The molecule has 0 saturated heterocycles. The predicted octanol–water partition coefficient (Wildman–Crippen LogP) is 3.05. The number of rotatable bonds is 1. The highest BCUT2D eigenvalue weighted by Crippen LogP contribution is 2.80. The highest BCUT2D eigenvalue weighted by Gasteiger charge is 2.89. The summed E-state index contributed by atoms with van der Waals surface area (Å²) in [6.45, 7) is 3.51. The molecule has 0 unspecified atom stereocenters. The maximum absolute atomic E-state index is 13.4. The highest BCUT2D eigenvalue weighted by molar-refractivity contribution is 6.31. The first-order chi connectivity index (χ1) is 11.8. The molecule has 1 N–H and O–H groups in total. The quantitative estimate of drug-likeness (QED) is 0.858. The Morgan fingerprint density at radius 1 is 0.960 bits per heavy atom. The number of fused-ring (bicyclic) bond motifs is 5. The van der Waals surface area contributed by atoms with Crippen molar-refractivity contribution < 1.29 is 14.7 Å². The molecule has 5 rings (SSSR count). The summed E-state index contributed by atoms with van der Waals surface area (Å²) in [7, 11) is 0. The molecule has 0 aromatic heterocycles. The third-order valence-corrected chi connectivity index (χ3v) is 7.26. The normalized spacial score (nSPS) is 40.6. The summed E-state index contributed by atoms with van der Waals surface area (Å²) in [5.41, 5.74) is -0.266. The summed E-state index contributed by atoms with van der Waals surface area (Å²) in [4.78, 5) is 26.6. The zero-order valence-corrected chi connectivity index (χ0v) is 14.7. The van der Waals surface area contributed by atoms with Gasteiger partial charge in [-0.1, -0.05) is 54.9 Å². The SMILES string of the molecule is C[C@@]12C(=O)[C@H]3[C@@](c4ccccc4)(c4ccc(Cl)cc41)[C@]3(C)C(=O)[C@H]2O. The maximum atomic E-state index is 13.4. The number of hydrogen-bond donors (Lipinski definition) is 1. The third-order valence-electron chi connectivity index (χ3n) is 7.02. The molecular weight excluding hydrogens is 336 g/mol. The molecule has 0 amide bonds. The predicted molar refractivity (Wildman–Crippen MR) is 93.6 cm³/mol. The second-order valence-electron chi connectivity index (χ2n) is 7.83. The molecule has 5 atom stereocenters. The van der Waals surface area contributed by atoms with Crippen LogP contribution in [0.25, 0.3) is 0 Å². The Hall–Kier alpha value is -1.97. The van der Waals surface area contributed by atoms with Crippen LogP contribution in [0.5, 0.6) is 0 Å². The fourth-order valence-electron chi connectivity index (χ4n) is 5.72. The lowest BCUT2D eigenvalue weighted by Crippen LogP contribution is -2.56. The van der Waals surface area contributed by atoms with Crippen LogP contribution in [0.1, 0.15) is 30.5 Å². The van der Waals surface area contributed by atoms with E-state index >= 15 is 0 Å². The standard InChI is InChI=1S/C21H17ClO3/c1-19-14-10-12(22)8-9-13(14)21(11-6-4-3-5-7-11)15(16(19)23)20(21,2)18(25)17(19)24/h3-10,15,17,24H,1-2H3/t15-,17-,19+,20+,21-/m1/s1. The number of carbonyl (C=O) groups is 2. The van der Waals surface area contributed by atoms with Gasteiger partial charge in [-0.25, -0.2) is 0 Å². The highest BCUT2D eigenvalue weighted by atomic mass is 35.5. The molecule has 2 fully saturated rings. The van der Waals surface area contributed by atoms with Gasteiger partial charge in [0.15, 0.2) is 11.6 Å². The number of Topliss-reactive ketones (excluding diaryl/α,β-unsaturated/α-hetero) is 2. The van der Waals surface area contributed by atoms with E-state index in [4.69, 9.17) is 11.6 Å². The van der Waals surface area contributed by atoms with E-state index in [0.29, 0.717) is 10.6 Å². The van der Waals surface area contributed by atoms with Crippen molar-refractivity contribution in [3.8, 4) is 0 Å². The number of aliphatic hydroxyl groups is 1. The minimum Gasteiger partial charge on any atom is -0.384 e. The Morgan fingerprint density at radius 3 is 2.32 bits per heavy atom. The number of benzene rings is 2. The fourth-order valence-corrected chi connectivity index (χ4v) is 5.90. The number of hydrogen-bond acceptors (Lipinski definition) is 3. The molecular formula is C21H17ClO3. The van der Waals surface area contributed by atoms with Crippen molar-refractivity contribution >= 4 is 23.2 Å². The van der Waals surface area contributed by atoms with Crippen LogP contribution in [0, 0.1) is 11.3 Å². The van der Waals surface area contributed by atoms with Crippen molar-refractivity contribution in [1.82, 2.24) is 0 Å². The molecule has 2 bridgehead atoms. The van der Waals surface area contributed by atoms with Gasteiger partial charge in [0.05, 0.1) is 10.8 Å². The molecule has 25 heavy (non-hydrogen) atoms. The van der Waals surface area contributed by atoms with Crippen molar-refractivity contribution in [2.75, 3.05) is 0 Å². The number of carbonyl (C=O) groups excluding carboxylic acids is 2.